The summed E-state index contributed by atoms with van der Waals surface area (Å²) in [6.07, 6.45) is 5.13. The molecule has 0 radical (unpaired) electrons. The Morgan fingerprint density at radius 1 is 1.14 bits per heavy atom. The van der Waals surface area contributed by atoms with E-state index in [1.54, 1.807) is 47.8 Å². The van der Waals surface area contributed by atoms with Crippen LogP contribution in [0, 0.1) is 0 Å². The molecule has 2 aromatic heterocycles. The van der Waals surface area contributed by atoms with Gasteiger partial charge in [0.1, 0.15) is 16.1 Å². The lowest BCUT2D eigenvalue weighted by molar-refractivity contribution is 0.393. The Morgan fingerprint density at radius 3 is 2.45 bits per heavy atom. The Kier molecular flexibility index (Phi) is 3.89. The summed E-state index contributed by atoms with van der Waals surface area (Å²) in [4.78, 5) is 16.6. The number of imidazole rings is 1. The van der Waals surface area contributed by atoms with Crippen LogP contribution in [-0.2, 0) is 6.54 Å². The van der Waals surface area contributed by atoms with Gasteiger partial charge in [-0.3, -0.25) is 9.20 Å². The quantitative estimate of drug-likeness (QED) is 0.713. The first-order valence-electron chi connectivity index (χ1n) is 6.56. The highest BCUT2D eigenvalue weighted by Gasteiger charge is 2.09. The normalized spacial score (nSPS) is 10.9. The monoisotopic (exact) mass is 363 g/mol. The van der Waals surface area contributed by atoms with E-state index in [2.05, 4.69) is 20.9 Å². The van der Waals surface area contributed by atoms with Crippen LogP contribution in [0.25, 0.3) is 5.65 Å². The van der Waals surface area contributed by atoms with Gasteiger partial charge in [0, 0.05) is 18.5 Å². The first-order chi connectivity index (χ1) is 10.6. The van der Waals surface area contributed by atoms with Gasteiger partial charge in [-0.15, -0.1) is 0 Å². The number of rotatable bonds is 4. The summed E-state index contributed by atoms with van der Waals surface area (Å²) >= 11 is 3.35. The van der Waals surface area contributed by atoms with Gasteiger partial charge in [-0.1, -0.05) is 0 Å². The molecule has 114 valence electrons. The molecule has 0 saturated carbocycles. The second kappa shape index (κ2) is 5.84. The molecule has 0 aliphatic heterocycles. The molecule has 0 amide bonds. The van der Waals surface area contributed by atoms with Crippen LogP contribution < -0.4 is 15.0 Å². The molecule has 6 nitrogen and oxygen atoms in total. The summed E-state index contributed by atoms with van der Waals surface area (Å²) in [6.45, 7) is 0.410. The third kappa shape index (κ3) is 2.59. The summed E-state index contributed by atoms with van der Waals surface area (Å²) in [5.74, 6) is 1.37. The van der Waals surface area contributed by atoms with E-state index in [9.17, 15) is 4.79 Å². The van der Waals surface area contributed by atoms with Crippen molar-refractivity contribution in [3.8, 4) is 11.5 Å². The van der Waals surface area contributed by atoms with Gasteiger partial charge in [0.05, 0.1) is 27.0 Å². The average Bonchev–Trinajstić information content (AvgIpc) is 2.91. The molecule has 7 heteroatoms. The van der Waals surface area contributed by atoms with Crippen molar-refractivity contribution in [1.29, 1.82) is 0 Å². The maximum absolute atomic E-state index is 12.5. The van der Waals surface area contributed by atoms with Crippen LogP contribution in [0.2, 0.25) is 0 Å². The van der Waals surface area contributed by atoms with Gasteiger partial charge in [-0.25, -0.2) is 4.98 Å². The minimum Gasteiger partial charge on any atom is -0.497 e. The minimum absolute atomic E-state index is 0.157. The van der Waals surface area contributed by atoms with Crippen LogP contribution in [0.1, 0.15) is 5.56 Å². The van der Waals surface area contributed by atoms with Crippen LogP contribution in [0.3, 0.4) is 0 Å². The maximum Gasteiger partial charge on any atom is 0.294 e. The number of hydrogen-bond donors (Lipinski definition) is 0. The Balaban J connectivity index is 2.03. The molecule has 0 saturated heterocycles. The topological polar surface area (TPSA) is 57.8 Å². The van der Waals surface area contributed by atoms with E-state index in [4.69, 9.17) is 9.47 Å². The Bertz CT molecular complexity index is 863. The Hall–Kier alpha value is -2.28. The molecule has 0 atom stereocenters. The summed E-state index contributed by atoms with van der Waals surface area (Å²) < 4.78 is 14.5. The Morgan fingerprint density at radius 2 is 1.82 bits per heavy atom. The second-order valence-corrected chi connectivity index (χ2v) is 5.54. The van der Waals surface area contributed by atoms with Gasteiger partial charge >= 0.3 is 0 Å². The van der Waals surface area contributed by atoms with Crippen LogP contribution in [0.5, 0.6) is 11.5 Å². The fourth-order valence-electron chi connectivity index (χ4n) is 2.26. The molecular weight excluding hydrogens is 350 g/mol. The third-order valence-electron chi connectivity index (χ3n) is 3.36. The predicted molar refractivity (Wildman–Crippen MR) is 85.8 cm³/mol. The van der Waals surface area contributed by atoms with Crippen molar-refractivity contribution < 1.29 is 9.47 Å². The SMILES string of the molecule is COc1cc(Cn2ccn3c(Br)cnc3c2=O)cc(OC)c1. The molecule has 3 aromatic rings. The van der Waals surface area contributed by atoms with Crippen molar-refractivity contribution in [1.82, 2.24) is 14.0 Å². The third-order valence-corrected chi connectivity index (χ3v) is 3.95. The maximum atomic E-state index is 12.5. The molecule has 0 aliphatic carbocycles. The lowest BCUT2D eigenvalue weighted by atomic mass is 10.2. The number of nitrogens with zero attached hydrogens (tertiary/aromatic N) is 3. The van der Waals surface area contributed by atoms with E-state index in [1.165, 1.54) is 0 Å². The summed E-state index contributed by atoms with van der Waals surface area (Å²) in [5.41, 5.74) is 1.13. The van der Waals surface area contributed by atoms with Crippen molar-refractivity contribution in [3.63, 3.8) is 0 Å². The van der Waals surface area contributed by atoms with Crippen LogP contribution in [0.15, 0.2) is 46.2 Å². The van der Waals surface area contributed by atoms with E-state index >= 15 is 0 Å². The van der Waals surface area contributed by atoms with E-state index in [1.807, 2.05) is 12.1 Å². The van der Waals surface area contributed by atoms with Crippen molar-refractivity contribution in [2.75, 3.05) is 14.2 Å². The van der Waals surface area contributed by atoms with Gasteiger partial charge in [0.15, 0.2) is 0 Å². The highest BCUT2D eigenvalue weighted by atomic mass is 79.9. The molecule has 0 fully saturated rings. The summed E-state index contributed by atoms with van der Waals surface area (Å²) in [7, 11) is 3.19. The van der Waals surface area contributed by atoms with Gasteiger partial charge in [0.25, 0.3) is 5.56 Å². The minimum atomic E-state index is -0.157. The van der Waals surface area contributed by atoms with Crippen LogP contribution in [-0.4, -0.2) is 28.2 Å². The van der Waals surface area contributed by atoms with Gasteiger partial charge in [-0.2, -0.15) is 0 Å². The van der Waals surface area contributed by atoms with Gasteiger partial charge < -0.3 is 14.0 Å². The fraction of sp³-hybridized carbons (Fsp3) is 0.200. The number of hydrogen-bond acceptors (Lipinski definition) is 4. The molecule has 0 aliphatic rings. The fourth-order valence-corrected chi connectivity index (χ4v) is 2.65. The molecule has 0 N–H and O–H groups in total. The van der Waals surface area contributed by atoms with E-state index in [0.717, 1.165) is 10.2 Å². The number of benzene rings is 1. The van der Waals surface area contributed by atoms with Crippen molar-refractivity contribution >= 4 is 21.6 Å². The predicted octanol–water partition coefficient (Wildman–Crippen LogP) is 2.32. The molecule has 22 heavy (non-hydrogen) atoms. The molecule has 3 rings (SSSR count). The van der Waals surface area contributed by atoms with Crippen molar-refractivity contribution in [3.05, 3.63) is 57.3 Å². The highest BCUT2D eigenvalue weighted by molar-refractivity contribution is 9.10. The number of halogens is 1. The zero-order valence-electron chi connectivity index (χ0n) is 12.1. The largest absolute Gasteiger partial charge is 0.497 e. The summed E-state index contributed by atoms with van der Waals surface area (Å²) in [5, 5.41) is 0. The molecule has 0 spiro atoms. The lowest BCUT2D eigenvalue weighted by Crippen LogP contribution is -2.22. The van der Waals surface area contributed by atoms with Gasteiger partial charge in [-0.05, 0) is 33.6 Å². The Labute approximate surface area is 135 Å². The molecule has 2 heterocycles. The average molecular weight is 364 g/mol. The van der Waals surface area contributed by atoms with E-state index in [-0.39, 0.29) is 5.56 Å². The number of ether oxygens (including phenoxy) is 2. The highest BCUT2D eigenvalue weighted by Crippen LogP contribution is 2.22. The zero-order valence-corrected chi connectivity index (χ0v) is 13.7. The van der Waals surface area contributed by atoms with Crippen LogP contribution >= 0.6 is 15.9 Å². The number of methoxy groups -OCH3 is 2. The van der Waals surface area contributed by atoms with Crippen LogP contribution in [0.4, 0.5) is 0 Å². The molecule has 0 unspecified atom stereocenters. The number of fused-ring (bicyclic) bond motifs is 1. The first-order valence-corrected chi connectivity index (χ1v) is 7.35. The first kappa shape index (κ1) is 14.6. The lowest BCUT2D eigenvalue weighted by Gasteiger charge is -2.10. The van der Waals surface area contributed by atoms with E-state index < -0.39 is 0 Å². The van der Waals surface area contributed by atoms with Crippen molar-refractivity contribution in [2.24, 2.45) is 0 Å². The number of aromatic nitrogens is 3. The molecule has 1 aromatic carbocycles. The smallest absolute Gasteiger partial charge is 0.294 e. The molecular formula is C15H14BrN3O3. The zero-order chi connectivity index (χ0) is 15.7. The second-order valence-electron chi connectivity index (χ2n) is 4.73. The van der Waals surface area contributed by atoms with E-state index in [0.29, 0.717) is 23.7 Å². The summed E-state index contributed by atoms with van der Waals surface area (Å²) in [6, 6.07) is 5.54. The van der Waals surface area contributed by atoms with Gasteiger partial charge in [0.2, 0.25) is 5.65 Å². The molecule has 0 bridgehead atoms. The van der Waals surface area contributed by atoms with Crippen molar-refractivity contribution in [2.45, 2.75) is 6.54 Å². The standard InChI is InChI=1S/C15H14BrN3O3/c1-21-11-5-10(6-12(7-11)22-2)9-18-3-4-19-13(16)8-17-14(19)15(18)20/h3-8H,9H2,1-2H3.